The van der Waals surface area contributed by atoms with Crippen LogP contribution in [0.5, 0.6) is 0 Å². The van der Waals surface area contributed by atoms with Gasteiger partial charge in [0.05, 0.1) is 35.9 Å². The van der Waals surface area contributed by atoms with Crippen molar-refractivity contribution in [3.05, 3.63) is 29.8 Å². The zero-order valence-electron chi connectivity index (χ0n) is 14.3. The lowest BCUT2D eigenvalue weighted by Gasteiger charge is -2.18. The maximum absolute atomic E-state index is 11.7. The smallest absolute Gasteiger partial charge is 0.315 e. The van der Waals surface area contributed by atoms with Gasteiger partial charge in [-0.05, 0) is 24.4 Å². The minimum absolute atomic E-state index is 0.0559. The Kier molecular flexibility index (Phi) is 5.00. The van der Waals surface area contributed by atoms with Gasteiger partial charge in [0, 0.05) is 12.7 Å². The van der Waals surface area contributed by atoms with Crippen LogP contribution in [0.2, 0.25) is 0 Å². The predicted octanol–water partition coefficient (Wildman–Crippen LogP) is 1.47. The highest BCUT2D eigenvalue weighted by molar-refractivity contribution is 7.13. The normalized spacial score (nSPS) is 27.1. The summed E-state index contributed by atoms with van der Waals surface area (Å²) >= 11 is 1.64. The molecule has 2 aromatic rings. The first-order valence-corrected chi connectivity index (χ1v) is 9.53. The molecule has 4 rings (SSSR count). The molecule has 9 heteroatoms. The van der Waals surface area contributed by atoms with E-state index in [1.807, 2.05) is 30.5 Å². The van der Waals surface area contributed by atoms with Crippen LogP contribution >= 0.6 is 11.3 Å². The highest BCUT2D eigenvalue weighted by atomic mass is 32.1. The number of carbonyl (C=O) groups excluding carboxylic acids is 1. The molecule has 0 aliphatic carbocycles. The number of ether oxygens (including phenoxy) is 2. The van der Waals surface area contributed by atoms with E-state index in [9.17, 15) is 4.79 Å². The number of nitrogens with one attached hydrogen (secondary N) is 3. The van der Waals surface area contributed by atoms with E-state index in [1.165, 1.54) is 0 Å². The lowest BCUT2D eigenvalue weighted by atomic mass is 10.1. The molecule has 138 valence electrons. The van der Waals surface area contributed by atoms with Gasteiger partial charge < -0.3 is 25.4 Å². The number of thiophene rings is 1. The third-order valence-electron chi connectivity index (χ3n) is 4.45. The van der Waals surface area contributed by atoms with Crippen molar-refractivity contribution >= 4 is 23.3 Å². The molecule has 2 aromatic heterocycles. The van der Waals surface area contributed by atoms with Crippen LogP contribution in [0.4, 0.5) is 10.7 Å². The number of hydrogen-bond donors (Lipinski definition) is 3. The van der Waals surface area contributed by atoms with Gasteiger partial charge in [-0.2, -0.15) is 0 Å². The van der Waals surface area contributed by atoms with Crippen molar-refractivity contribution in [2.75, 3.05) is 25.1 Å². The first-order valence-electron chi connectivity index (χ1n) is 8.65. The van der Waals surface area contributed by atoms with Crippen LogP contribution < -0.4 is 16.0 Å². The minimum Gasteiger partial charge on any atom is -0.371 e. The third kappa shape index (κ3) is 3.50. The van der Waals surface area contributed by atoms with Crippen LogP contribution in [0.3, 0.4) is 0 Å². The van der Waals surface area contributed by atoms with Gasteiger partial charge in [-0.15, -0.1) is 11.3 Å². The fraction of sp³-hybridized carbons (Fsp3) is 0.471. The van der Waals surface area contributed by atoms with Gasteiger partial charge in [0.25, 0.3) is 0 Å². The molecule has 0 spiro atoms. The summed E-state index contributed by atoms with van der Waals surface area (Å²) < 4.78 is 11.7. The average Bonchev–Trinajstić information content (AvgIpc) is 3.36. The average molecular weight is 375 g/mol. The summed E-state index contributed by atoms with van der Waals surface area (Å²) in [6.07, 6.45) is 1.43. The second-order valence-electron chi connectivity index (χ2n) is 6.20. The van der Waals surface area contributed by atoms with Crippen LogP contribution in [-0.4, -0.2) is 60.0 Å². The fourth-order valence-electron chi connectivity index (χ4n) is 3.28. The Morgan fingerprint density at radius 1 is 1.27 bits per heavy atom. The third-order valence-corrected chi connectivity index (χ3v) is 5.34. The Labute approximate surface area is 155 Å². The summed E-state index contributed by atoms with van der Waals surface area (Å²) in [5.41, 5.74) is 0.885. The number of amides is 2. The number of anilines is 1. The van der Waals surface area contributed by atoms with E-state index in [-0.39, 0.29) is 30.3 Å². The molecule has 2 fully saturated rings. The summed E-state index contributed by atoms with van der Waals surface area (Å²) in [7, 11) is 0. The summed E-state index contributed by atoms with van der Waals surface area (Å²) in [5.74, 6) is 0.550. The first kappa shape index (κ1) is 17.2. The summed E-state index contributed by atoms with van der Waals surface area (Å²) in [5, 5.41) is 11.0. The van der Waals surface area contributed by atoms with Crippen molar-refractivity contribution < 1.29 is 14.3 Å². The van der Waals surface area contributed by atoms with Crippen molar-refractivity contribution in [1.29, 1.82) is 0 Å². The number of urea groups is 1. The highest BCUT2D eigenvalue weighted by Gasteiger charge is 2.48. The van der Waals surface area contributed by atoms with Gasteiger partial charge in [0.1, 0.15) is 12.2 Å². The SMILES string of the molecule is CCNC(=O)N[C@H]1CO[C@H]2[C@@H]1OC[C@@H]2Nc1nccc(-c2cccs2)n1. The lowest BCUT2D eigenvalue weighted by Crippen LogP contribution is -2.48. The van der Waals surface area contributed by atoms with E-state index < -0.39 is 0 Å². The fourth-order valence-corrected chi connectivity index (χ4v) is 3.98. The molecule has 0 bridgehead atoms. The van der Waals surface area contributed by atoms with E-state index in [1.54, 1.807) is 17.5 Å². The number of rotatable bonds is 5. The van der Waals surface area contributed by atoms with E-state index in [2.05, 4.69) is 25.9 Å². The van der Waals surface area contributed by atoms with Crippen LogP contribution in [0.15, 0.2) is 29.8 Å². The molecule has 3 N–H and O–H groups in total. The zero-order valence-corrected chi connectivity index (χ0v) is 15.2. The van der Waals surface area contributed by atoms with Gasteiger partial charge in [-0.25, -0.2) is 14.8 Å². The van der Waals surface area contributed by atoms with Crippen molar-refractivity contribution in [3.63, 3.8) is 0 Å². The second kappa shape index (κ2) is 7.56. The van der Waals surface area contributed by atoms with Crippen LogP contribution in [-0.2, 0) is 9.47 Å². The Morgan fingerprint density at radius 3 is 2.85 bits per heavy atom. The Hall–Kier alpha value is -2.23. The summed E-state index contributed by atoms with van der Waals surface area (Å²) in [6.45, 7) is 3.37. The van der Waals surface area contributed by atoms with E-state index >= 15 is 0 Å². The summed E-state index contributed by atoms with van der Waals surface area (Å²) in [6, 6.07) is 5.51. The lowest BCUT2D eigenvalue weighted by molar-refractivity contribution is 0.0682. The van der Waals surface area contributed by atoms with Gasteiger partial charge in [-0.1, -0.05) is 6.07 Å². The quantitative estimate of drug-likeness (QED) is 0.732. The number of fused-ring (bicyclic) bond motifs is 1. The molecule has 2 amide bonds. The van der Waals surface area contributed by atoms with Crippen molar-refractivity contribution in [1.82, 2.24) is 20.6 Å². The van der Waals surface area contributed by atoms with Crippen LogP contribution in [0.1, 0.15) is 6.92 Å². The van der Waals surface area contributed by atoms with Crippen LogP contribution in [0, 0.1) is 0 Å². The molecular weight excluding hydrogens is 354 g/mol. The first-order chi connectivity index (χ1) is 12.7. The molecular formula is C17H21N5O3S. The van der Waals surface area contributed by atoms with Crippen molar-refractivity contribution in [2.45, 2.75) is 31.2 Å². The van der Waals surface area contributed by atoms with E-state index in [0.717, 1.165) is 10.6 Å². The standard InChI is InChI=1S/C17H21N5O3S/c1-2-18-17(23)22-12-9-25-14-11(8-24-15(12)14)21-16-19-6-5-10(20-16)13-4-3-7-26-13/h3-7,11-12,14-15H,2,8-9H2,1H3,(H2,18,22,23)(H,19,20,21)/t11-,12-,14+,15+/m0/s1. The maximum atomic E-state index is 11.7. The molecule has 2 aliphatic rings. The molecule has 0 unspecified atom stereocenters. The Morgan fingerprint density at radius 2 is 2.08 bits per heavy atom. The number of hydrogen-bond acceptors (Lipinski definition) is 7. The molecule has 0 radical (unpaired) electrons. The number of carbonyl (C=O) groups is 1. The topological polar surface area (TPSA) is 97.4 Å². The maximum Gasteiger partial charge on any atom is 0.315 e. The largest absolute Gasteiger partial charge is 0.371 e. The highest BCUT2D eigenvalue weighted by Crippen LogP contribution is 2.29. The molecule has 0 aromatic carbocycles. The van der Waals surface area contributed by atoms with Crippen molar-refractivity contribution in [3.8, 4) is 10.6 Å². The van der Waals surface area contributed by atoms with Gasteiger partial charge in [0.2, 0.25) is 5.95 Å². The van der Waals surface area contributed by atoms with Gasteiger partial charge in [0.15, 0.2) is 0 Å². The molecule has 2 aliphatic heterocycles. The number of nitrogens with zero attached hydrogens (tertiary/aromatic N) is 2. The van der Waals surface area contributed by atoms with Gasteiger partial charge in [-0.3, -0.25) is 0 Å². The van der Waals surface area contributed by atoms with Gasteiger partial charge >= 0.3 is 6.03 Å². The molecule has 8 nitrogen and oxygen atoms in total. The molecule has 26 heavy (non-hydrogen) atoms. The van der Waals surface area contributed by atoms with E-state index in [0.29, 0.717) is 25.7 Å². The molecule has 4 heterocycles. The van der Waals surface area contributed by atoms with Crippen LogP contribution in [0.25, 0.3) is 10.6 Å². The Balaban J connectivity index is 1.40. The summed E-state index contributed by atoms with van der Waals surface area (Å²) in [4.78, 5) is 21.7. The Bertz CT molecular complexity index is 757. The molecule has 2 saturated heterocycles. The predicted molar refractivity (Wildman–Crippen MR) is 98.2 cm³/mol. The van der Waals surface area contributed by atoms with E-state index in [4.69, 9.17) is 9.47 Å². The monoisotopic (exact) mass is 375 g/mol. The molecule has 0 saturated carbocycles. The number of aromatic nitrogens is 2. The second-order valence-corrected chi connectivity index (χ2v) is 7.15. The zero-order chi connectivity index (χ0) is 17.9. The molecule has 4 atom stereocenters. The van der Waals surface area contributed by atoms with Crippen molar-refractivity contribution in [2.24, 2.45) is 0 Å². The minimum atomic E-state index is -0.200.